The summed E-state index contributed by atoms with van der Waals surface area (Å²) in [4.78, 5) is 49.9. The van der Waals surface area contributed by atoms with Gasteiger partial charge in [0, 0.05) is 55.2 Å². The Morgan fingerprint density at radius 3 is 2.26 bits per heavy atom. The number of carbonyl (C=O) groups excluding carboxylic acids is 3. The predicted octanol–water partition coefficient (Wildman–Crippen LogP) is 3.01. The third kappa shape index (κ3) is 7.56. The van der Waals surface area contributed by atoms with Crippen molar-refractivity contribution in [3.63, 3.8) is 0 Å². The van der Waals surface area contributed by atoms with Gasteiger partial charge in [-0.05, 0) is 25.8 Å². The van der Waals surface area contributed by atoms with Gasteiger partial charge < -0.3 is 35.1 Å². The number of ether oxygens (including phenoxy) is 3. The number of nitro benzene ring substituents is 1. The molecule has 3 rings (SSSR count). The van der Waals surface area contributed by atoms with Gasteiger partial charge in [-0.1, -0.05) is 0 Å². The van der Waals surface area contributed by atoms with Crippen molar-refractivity contribution in [3.8, 4) is 11.5 Å². The number of benzene rings is 2. The highest BCUT2D eigenvalue weighted by Crippen LogP contribution is 2.28. The molecule has 1 aliphatic heterocycles. The van der Waals surface area contributed by atoms with Crippen molar-refractivity contribution in [2.24, 2.45) is 0 Å². The van der Waals surface area contributed by atoms with Crippen molar-refractivity contribution in [2.45, 2.75) is 25.8 Å². The number of non-ortho nitro benzene ring substituents is 1. The number of hydrogen-bond acceptors (Lipinski definition) is 9. The SMILES string of the molecule is CCOC(=O)N1CCC(NCC(=O)Nc2ccc([N+](=O)[O-])cc2C(=O)Nc2cc(OC)cc(OC)c2)CC1. The van der Waals surface area contributed by atoms with Gasteiger partial charge in [-0.15, -0.1) is 0 Å². The maximum Gasteiger partial charge on any atom is 0.409 e. The van der Waals surface area contributed by atoms with Crippen LogP contribution in [0.3, 0.4) is 0 Å². The molecule has 13 heteroatoms. The lowest BCUT2D eigenvalue weighted by Crippen LogP contribution is -2.46. The predicted molar refractivity (Wildman–Crippen MR) is 139 cm³/mol. The molecule has 1 aliphatic rings. The quantitative estimate of drug-likeness (QED) is 0.310. The minimum absolute atomic E-state index is 0.0223. The van der Waals surface area contributed by atoms with E-state index in [4.69, 9.17) is 14.2 Å². The summed E-state index contributed by atoms with van der Waals surface area (Å²) < 4.78 is 15.4. The molecule has 3 N–H and O–H groups in total. The summed E-state index contributed by atoms with van der Waals surface area (Å²) in [5.74, 6) is -0.222. The first-order valence-corrected chi connectivity index (χ1v) is 12.0. The normalized spacial score (nSPS) is 13.4. The Balaban J connectivity index is 1.66. The number of hydrogen-bond donors (Lipinski definition) is 3. The molecule has 0 radical (unpaired) electrons. The highest BCUT2D eigenvalue weighted by Gasteiger charge is 2.24. The molecule has 38 heavy (non-hydrogen) atoms. The van der Waals surface area contributed by atoms with Crippen LogP contribution in [0.5, 0.6) is 11.5 Å². The molecule has 1 heterocycles. The first kappa shape index (κ1) is 28.2. The van der Waals surface area contributed by atoms with Gasteiger partial charge in [0.05, 0.1) is 43.5 Å². The molecule has 2 aromatic rings. The average Bonchev–Trinajstić information content (AvgIpc) is 2.92. The zero-order chi connectivity index (χ0) is 27.7. The van der Waals surface area contributed by atoms with Crippen molar-refractivity contribution in [1.29, 1.82) is 0 Å². The summed E-state index contributed by atoms with van der Waals surface area (Å²) in [5, 5.41) is 19.8. The summed E-state index contributed by atoms with van der Waals surface area (Å²) >= 11 is 0. The van der Waals surface area contributed by atoms with Crippen LogP contribution in [0.1, 0.15) is 30.1 Å². The number of rotatable bonds is 10. The number of piperidine rings is 1. The lowest BCUT2D eigenvalue weighted by atomic mass is 10.1. The Hall–Kier alpha value is -4.39. The molecule has 0 bridgehead atoms. The van der Waals surface area contributed by atoms with E-state index in [2.05, 4.69) is 16.0 Å². The van der Waals surface area contributed by atoms with E-state index in [1.54, 1.807) is 30.0 Å². The zero-order valence-electron chi connectivity index (χ0n) is 21.4. The summed E-state index contributed by atoms with van der Waals surface area (Å²) in [6.45, 7) is 3.04. The number of likely N-dealkylation sites (tertiary alicyclic amines) is 1. The fraction of sp³-hybridized carbons (Fsp3) is 0.400. The minimum atomic E-state index is -0.668. The monoisotopic (exact) mass is 529 g/mol. The molecule has 0 aromatic heterocycles. The molecule has 1 saturated heterocycles. The van der Waals surface area contributed by atoms with Crippen LogP contribution in [-0.2, 0) is 9.53 Å². The standard InChI is InChI=1S/C25H31N5O8/c1-4-38-25(33)29-9-7-16(8-10-29)26-15-23(31)28-22-6-5-18(30(34)35)13-21(22)24(32)27-17-11-19(36-2)14-20(12-17)37-3/h5-6,11-14,16,26H,4,7-10,15H2,1-3H3,(H,27,32)(H,28,31). The maximum absolute atomic E-state index is 13.1. The third-order valence-electron chi connectivity index (χ3n) is 5.91. The van der Waals surface area contributed by atoms with E-state index in [1.807, 2.05) is 0 Å². The Labute approximate surface area is 219 Å². The Kier molecular flexibility index (Phi) is 9.82. The first-order valence-electron chi connectivity index (χ1n) is 12.0. The second-order valence-corrected chi connectivity index (χ2v) is 8.43. The van der Waals surface area contributed by atoms with E-state index in [0.29, 0.717) is 49.7 Å². The van der Waals surface area contributed by atoms with Crippen LogP contribution in [0, 0.1) is 10.1 Å². The topological polar surface area (TPSA) is 161 Å². The van der Waals surface area contributed by atoms with Crippen molar-refractivity contribution in [3.05, 3.63) is 52.1 Å². The van der Waals surface area contributed by atoms with Crippen molar-refractivity contribution >= 4 is 35.0 Å². The Morgan fingerprint density at radius 1 is 1.03 bits per heavy atom. The highest BCUT2D eigenvalue weighted by atomic mass is 16.6. The number of amides is 3. The average molecular weight is 530 g/mol. The lowest BCUT2D eigenvalue weighted by Gasteiger charge is -2.31. The number of methoxy groups -OCH3 is 2. The van der Waals surface area contributed by atoms with Gasteiger partial charge >= 0.3 is 6.09 Å². The van der Waals surface area contributed by atoms with Crippen LogP contribution in [0.25, 0.3) is 0 Å². The largest absolute Gasteiger partial charge is 0.497 e. The summed E-state index contributed by atoms with van der Waals surface area (Å²) in [6, 6.07) is 8.40. The first-order chi connectivity index (χ1) is 18.2. The van der Waals surface area contributed by atoms with Crippen LogP contribution in [0.2, 0.25) is 0 Å². The molecule has 0 atom stereocenters. The van der Waals surface area contributed by atoms with Gasteiger partial charge in [-0.25, -0.2) is 4.79 Å². The van der Waals surface area contributed by atoms with E-state index >= 15 is 0 Å². The second-order valence-electron chi connectivity index (χ2n) is 8.43. The molecule has 0 saturated carbocycles. The Morgan fingerprint density at radius 2 is 1.68 bits per heavy atom. The van der Waals surface area contributed by atoms with Gasteiger partial charge in [0.2, 0.25) is 5.91 Å². The summed E-state index contributed by atoms with van der Waals surface area (Å²) in [7, 11) is 2.93. The van der Waals surface area contributed by atoms with Gasteiger partial charge in [0.1, 0.15) is 11.5 Å². The molecule has 204 valence electrons. The number of nitrogens with one attached hydrogen (secondary N) is 3. The fourth-order valence-electron chi connectivity index (χ4n) is 3.93. The molecule has 0 unspecified atom stereocenters. The lowest BCUT2D eigenvalue weighted by molar-refractivity contribution is -0.384. The Bertz CT molecular complexity index is 1160. The molecule has 13 nitrogen and oxygen atoms in total. The number of carbonyl (C=O) groups is 3. The zero-order valence-corrected chi connectivity index (χ0v) is 21.4. The van der Waals surface area contributed by atoms with Crippen molar-refractivity contribution in [2.75, 3.05) is 51.1 Å². The van der Waals surface area contributed by atoms with Crippen LogP contribution in [0.4, 0.5) is 21.9 Å². The van der Waals surface area contributed by atoms with Crippen LogP contribution in [-0.4, -0.2) is 74.2 Å². The van der Waals surface area contributed by atoms with Gasteiger partial charge in [-0.3, -0.25) is 19.7 Å². The third-order valence-corrected chi connectivity index (χ3v) is 5.91. The van der Waals surface area contributed by atoms with E-state index < -0.39 is 16.7 Å². The molecule has 0 aliphatic carbocycles. The van der Waals surface area contributed by atoms with Crippen molar-refractivity contribution in [1.82, 2.24) is 10.2 Å². The number of nitrogens with zero attached hydrogens (tertiary/aromatic N) is 2. The van der Waals surface area contributed by atoms with Crippen molar-refractivity contribution < 1.29 is 33.5 Å². The van der Waals surface area contributed by atoms with Crippen LogP contribution in [0.15, 0.2) is 36.4 Å². The molecule has 1 fully saturated rings. The van der Waals surface area contributed by atoms with Crippen LogP contribution >= 0.6 is 0 Å². The maximum atomic E-state index is 13.1. The molecular formula is C25H31N5O8. The summed E-state index contributed by atoms with van der Waals surface area (Å²) in [6.07, 6.45) is 0.961. The van der Waals surface area contributed by atoms with Gasteiger partial charge in [0.25, 0.3) is 11.6 Å². The van der Waals surface area contributed by atoms with E-state index in [1.165, 1.54) is 26.4 Å². The van der Waals surface area contributed by atoms with E-state index in [0.717, 1.165) is 6.07 Å². The molecule has 0 spiro atoms. The molecular weight excluding hydrogens is 498 g/mol. The second kappa shape index (κ2) is 13.2. The number of nitro groups is 1. The summed E-state index contributed by atoms with van der Waals surface area (Å²) in [5.41, 5.74) is 0.0673. The molecule has 2 aromatic carbocycles. The van der Waals surface area contributed by atoms with E-state index in [9.17, 15) is 24.5 Å². The fourth-order valence-corrected chi connectivity index (χ4v) is 3.93. The smallest absolute Gasteiger partial charge is 0.409 e. The van der Waals surface area contributed by atoms with Gasteiger partial charge in [-0.2, -0.15) is 0 Å². The highest BCUT2D eigenvalue weighted by molar-refractivity contribution is 6.10. The number of anilines is 2. The minimum Gasteiger partial charge on any atom is -0.497 e. The van der Waals surface area contributed by atoms with Crippen LogP contribution < -0.4 is 25.4 Å². The van der Waals surface area contributed by atoms with Gasteiger partial charge in [0.15, 0.2) is 0 Å². The molecule has 3 amide bonds. The van der Waals surface area contributed by atoms with E-state index in [-0.39, 0.29) is 35.6 Å².